The number of hydrogen-bond donors (Lipinski definition) is 1. The van der Waals surface area contributed by atoms with Gasteiger partial charge in [-0.25, -0.2) is 0 Å². The number of anilines is 1. The molecule has 1 aliphatic rings. The van der Waals surface area contributed by atoms with Gasteiger partial charge in [-0.2, -0.15) is 0 Å². The van der Waals surface area contributed by atoms with Gasteiger partial charge < -0.3 is 10.2 Å². The zero-order valence-electron chi connectivity index (χ0n) is 10.5. The van der Waals surface area contributed by atoms with E-state index in [4.69, 9.17) is 23.2 Å². The van der Waals surface area contributed by atoms with E-state index in [1.54, 1.807) is 23.1 Å². The summed E-state index contributed by atoms with van der Waals surface area (Å²) in [6.07, 6.45) is 0.821. The third-order valence-electron chi connectivity index (χ3n) is 3.03. The molecule has 0 aromatic heterocycles. The number of nitrogens with zero attached hydrogens (tertiary/aromatic N) is 1. The van der Waals surface area contributed by atoms with E-state index < -0.39 is 6.04 Å². The number of carbonyl (C=O) groups is 2. The lowest BCUT2D eigenvalue weighted by Crippen LogP contribution is -2.44. The van der Waals surface area contributed by atoms with Crippen molar-refractivity contribution in [3.8, 4) is 0 Å². The largest absolute Gasteiger partial charge is 0.344 e. The molecule has 2 amide bonds. The second kappa shape index (κ2) is 5.80. The SMILES string of the molecule is CCC1NC(=O)CCN(c2cc(Cl)cc(Cl)c2)C1=O. The third-order valence-corrected chi connectivity index (χ3v) is 3.47. The highest BCUT2D eigenvalue weighted by atomic mass is 35.5. The number of halogens is 2. The van der Waals surface area contributed by atoms with Gasteiger partial charge in [-0.1, -0.05) is 30.1 Å². The number of amides is 2. The fourth-order valence-electron chi connectivity index (χ4n) is 2.07. The van der Waals surface area contributed by atoms with Crippen molar-refractivity contribution in [3.63, 3.8) is 0 Å². The second-order valence-corrected chi connectivity index (χ2v) is 5.27. The van der Waals surface area contributed by atoms with Crippen LogP contribution in [0.2, 0.25) is 10.0 Å². The standard InChI is InChI=1S/C13H14Cl2N2O2/c1-2-11-13(19)17(4-3-12(18)16-11)10-6-8(14)5-9(15)7-10/h5-7,11H,2-4H2,1H3,(H,16,18). The van der Waals surface area contributed by atoms with Crippen molar-refractivity contribution in [2.24, 2.45) is 0 Å². The maximum atomic E-state index is 12.4. The first-order valence-corrected chi connectivity index (χ1v) is 6.83. The van der Waals surface area contributed by atoms with Gasteiger partial charge in [0.15, 0.2) is 0 Å². The molecular weight excluding hydrogens is 287 g/mol. The van der Waals surface area contributed by atoms with Gasteiger partial charge in [-0.15, -0.1) is 0 Å². The molecule has 0 spiro atoms. The second-order valence-electron chi connectivity index (χ2n) is 4.40. The van der Waals surface area contributed by atoms with E-state index in [1.807, 2.05) is 6.92 Å². The molecule has 102 valence electrons. The van der Waals surface area contributed by atoms with Crippen molar-refractivity contribution in [3.05, 3.63) is 28.2 Å². The fraction of sp³-hybridized carbons (Fsp3) is 0.385. The van der Waals surface area contributed by atoms with Crippen molar-refractivity contribution in [2.45, 2.75) is 25.8 Å². The summed E-state index contributed by atoms with van der Waals surface area (Å²) in [6.45, 7) is 2.19. The molecule has 0 bridgehead atoms. The van der Waals surface area contributed by atoms with Crippen LogP contribution in [-0.4, -0.2) is 24.4 Å². The molecule has 0 aliphatic carbocycles. The minimum absolute atomic E-state index is 0.115. The van der Waals surface area contributed by atoms with Crippen LogP contribution < -0.4 is 10.2 Å². The molecule has 1 fully saturated rings. The number of benzene rings is 1. The van der Waals surface area contributed by atoms with E-state index in [0.717, 1.165) is 0 Å². The van der Waals surface area contributed by atoms with Crippen LogP contribution in [0, 0.1) is 0 Å². The lowest BCUT2D eigenvalue weighted by Gasteiger charge is -2.23. The maximum Gasteiger partial charge on any atom is 0.249 e. The van der Waals surface area contributed by atoms with Crippen LogP contribution in [0.25, 0.3) is 0 Å². The Bertz CT molecular complexity index is 499. The summed E-state index contributed by atoms with van der Waals surface area (Å²) in [5.41, 5.74) is 0.623. The fourth-order valence-corrected chi connectivity index (χ4v) is 2.58. The molecule has 1 aliphatic heterocycles. The molecule has 4 nitrogen and oxygen atoms in total. The number of rotatable bonds is 2. The van der Waals surface area contributed by atoms with Gasteiger partial charge in [0, 0.05) is 28.7 Å². The van der Waals surface area contributed by atoms with Crippen molar-refractivity contribution in [2.75, 3.05) is 11.4 Å². The predicted octanol–water partition coefficient (Wildman–Crippen LogP) is 2.62. The monoisotopic (exact) mass is 300 g/mol. The summed E-state index contributed by atoms with van der Waals surface area (Å²) in [5, 5.41) is 3.64. The molecule has 1 unspecified atom stereocenters. The Kier molecular flexibility index (Phi) is 4.32. The quantitative estimate of drug-likeness (QED) is 0.913. The van der Waals surface area contributed by atoms with Crippen molar-refractivity contribution in [1.29, 1.82) is 0 Å². The van der Waals surface area contributed by atoms with Crippen LogP contribution in [0.4, 0.5) is 5.69 Å². The Morgan fingerprint density at radius 3 is 2.47 bits per heavy atom. The highest BCUT2D eigenvalue weighted by Crippen LogP contribution is 2.27. The predicted molar refractivity (Wildman–Crippen MR) is 75.7 cm³/mol. The minimum Gasteiger partial charge on any atom is -0.344 e. The summed E-state index contributed by atoms with van der Waals surface area (Å²) in [7, 11) is 0. The number of hydrogen-bond acceptors (Lipinski definition) is 2. The molecule has 6 heteroatoms. The van der Waals surface area contributed by atoms with Gasteiger partial charge in [0.05, 0.1) is 0 Å². The molecule has 1 aromatic rings. The molecule has 1 atom stereocenters. The smallest absolute Gasteiger partial charge is 0.249 e. The zero-order chi connectivity index (χ0) is 14.0. The van der Waals surface area contributed by atoms with E-state index in [1.165, 1.54) is 0 Å². The van der Waals surface area contributed by atoms with Crippen molar-refractivity contribution >= 4 is 40.7 Å². The zero-order valence-corrected chi connectivity index (χ0v) is 12.0. The molecule has 0 saturated carbocycles. The normalized spacial score (nSPS) is 20.2. The first-order valence-electron chi connectivity index (χ1n) is 6.08. The first kappa shape index (κ1) is 14.2. The van der Waals surface area contributed by atoms with Crippen LogP contribution in [0.15, 0.2) is 18.2 Å². The van der Waals surface area contributed by atoms with Crippen LogP contribution in [0.1, 0.15) is 19.8 Å². The summed E-state index contributed by atoms with van der Waals surface area (Å²) >= 11 is 11.9. The Morgan fingerprint density at radius 1 is 1.26 bits per heavy atom. The topological polar surface area (TPSA) is 49.4 Å². The molecule has 1 saturated heterocycles. The van der Waals surface area contributed by atoms with Crippen LogP contribution in [0.3, 0.4) is 0 Å². The molecule has 0 radical (unpaired) electrons. The molecule has 1 heterocycles. The van der Waals surface area contributed by atoms with Gasteiger partial charge in [-0.3, -0.25) is 9.59 Å². The van der Waals surface area contributed by atoms with Gasteiger partial charge in [-0.05, 0) is 24.6 Å². The van der Waals surface area contributed by atoms with Crippen molar-refractivity contribution in [1.82, 2.24) is 5.32 Å². The van der Waals surface area contributed by atoms with Gasteiger partial charge >= 0.3 is 0 Å². The number of nitrogens with one attached hydrogen (secondary N) is 1. The minimum atomic E-state index is -0.493. The molecular formula is C13H14Cl2N2O2. The third kappa shape index (κ3) is 3.19. The van der Waals surface area contributed by atoms with E-state index in [2.05, 4.69) is 5.32 Å². The average molecular weight is 301 g/mol. The Hall–Kier alpha value is -1.26. The van der Waals surface area contributed by atoms with E-state index in [-0.39, 0.29) is 18.2 Å². The molecule has 19 heavy (non-hydrogen) atoms. The summed E-state index contributed by atoms with van der Waals surface area (Å²) < 4.78 is 0. The Labute approximate surface area is 121 Å². The van der Waals surface area contributed by atoms with Crippen LogP contribution in [-0.2, 0) is 9.59 Å². The van der Waals surface area contributed by atoms with E-state index >= 15 is 0 Å². The average Bonchev–Trinajstić information content (AvgIpc) is 2.48. The lowest BCUT2D eigenvalue weighted by molar-refractivity contribution is -0.125. The summed E-state index contributed by atoms with van der Waals surface area (Å²) in [6, 6.07) is 4.46. The Balaban J connectivity index is 2.35. The van der Waals surface area contributed by atoms with Gasteiger partial charge in [0.25, 0.3) is 0 Å². The molecule has 1 aromatic carbocycles. The first-order chi connectivity index (χ1) is 9.01. The van der Waals surface area contributed by atoms with E-state index in [9.17, 15) is 9.59 Å². The van der Waals surface area contributed by atoms with Crippen LogP contribution >= 0.6 is 23.2 Å². The van der Waals surface area contributed by atoms with Gasteiger partial charge in [0.2, 0.25) is 11.8 Å². The highest BCUT2D eigenvalue weighted by Gasteiger charge is 2.29. The Morgan fingerprint density at radius 2 is 1.89 bits per heavy atom. The maximum absolute atomic E-state index is 12.4. The lowest BCUT2D eigenvalue weighted by atomic mass is 10.2. The molecule has 2 rings (SSSR count). The highest BCUT2D eigenvalue weighted by molar-refractivity contribution is 6.35. The van der Waals surface area contributed by atoms with Crippen LogP contribution in [0.5, 0.6) is 0 Å². The number of carbonyl (C=O) groups excluding carboxylic acids is 2. The van der Waals surface area contributed by atoms with Crippen molar-refractivity contribution < 1.29 is 9.59 Å². The van der Waals surface area contributed by atoms with E-state index in [0.29, 0.717) is 28.7 Å². The van der Waals surface area contributed by atoms with Gasteiger partial charge in [0.1, 0.15) is 6.04 Å². The molecule has 1 N–H and O–H groups in total. The summed E-state index contributed by atoms with van der Waals surface area (Å²) in [4.78, 5) is 25.5. The summed E-state index contributed by atoms with van der Waals surface area (Å²) in [5.74, 6) is -0.248.